The molecule has 1 aromatic heterocycles. The second-order valence-corrected chi connectivity index (χ2v) is 7.08. The van der Waals surface area contributed by atoms with E-state index in [1.54, 1.807) is 12.4 Å². The van der Waals surface area contributed by atoms with E-state index in [0.29, 0.717) is 12.5 Å². The predicted octanol–water partition coefficient (Wildman–Crippen LogP) is 3.89. The first-order chi connectivity index (χ1) is 10.9. The van der Waals surface area contributed by atoms with E-state index in [1.165, 1.54) is 0 Å². The van der Waals surface area contributed by atoms with Crippen molar-refractivity contribution >= 4 is 6.09 Å². The fraction of sp³-hybridized carbons (Fsp3) is 0.667. The van der Waals surface area contributed by atoms with Crippen LogP contribution in [0.25, 0.3) is 0 Å². The molecule has 0 bridgehead atoms. The van der Waals surface area contributed by atoms with Crippen LogP contribution in [0.3, 0.4) is 0 Å². The van der Waals surface area contributed by atoms with E-state index in [-0.39, 0.29) is 12.1 Å². The molecule has 23 heavy (non-hydrogen) atoms. The number of likely N-dealkylation sites (tertiary alicyclic amines) is 1. The molecular formula is C18H28N2O3. The third-order valence-corrected chi connectivity index (χ3v) is 4.03. The molecule has 1 aliphatic heterocycles. The largest absolute Gasteiger partial charge is 0.490 e. The van der Waals surface area contributed by atoms with Crippen LogP contribution in [0.15, 0.2) is 24.5 Å². The van der Waals surface area contributed by atoms with Gasteiger partial charge >= 0.3 is 6.09 Å². The summed E-state index contributed by atoms with van der Waals surface area (Å²) in [5.74, 6) is 1.20. The van der Waals surface area contributed by atoms with Crippen molar-refractivity contribution < 1.29 is 14.3 Å². The van der Waals surface area contributed by atoms with Crippen LogP contribution in [0.2, 0.25) is 0 Å². The molecule has 2 atom stereocenters. The van der Waals surface area contributed by atoms with Gasteiger partial charge in [0.2, 0.25) is 0 Å². The minimum Gasteiger partial charge on any atom is -0.490 e. The topological polar surface area (TPSA) is 51.7 Å². The lowest BCUT2D eigenvalue weighted by molar-refractivity contribution is 0.0157. The summed E-state index contributed by atoms with van der Waals surface area (Å²) in [4.78, 5) is 18.4. The third kappa shape index (κ3) is 5.12. The second kappa shape index (κ2) is 7.66. The minimum absolute atomic E-state index is 0.0602. The molecule has 128 valence electrons. The van der Waals surface area contributed by atoms with Crippen LogP contribution in [-0.2, 0) is 4.74 Å². The molecule has 0 aromatic carbocycles. The average Bonchev–Trinajstić information content (AvgIpc) is 2.88. The monoisotopic (exact) mass is 320 g/mol. The van der Waals surface area contributed by atoms with Gasteiger partial charge in [-0.25, -0.2) is 4.79 Å². The summed E-state index contributed by atoms with van der Waals surface area (Å²) in [7, 11) is 0. The Labute approximate surface area is 139 Å². The first kappa shape index (κ1) is 17.6. The molecule has 0 spiro atoms. The summed E-state index contributed by atoms with van der Waals surface area (Å²) in [6.45, 7) is 9.08. The lowest BCUT2D eigenvalue weighted by atomic mass is 9.96. The minimum atomic E-state index is -0.477. The molecule has 1 aromatic rings. The highest BCUT2D eigenvalue weighted by Crippen LogP contribution is 2.30. The summed E-state index contributed by atoms with van der Waals surface area (Å²) in [5.41, 5.74) is -0.477. The maximum Gasteiger partial charge on any atom is 0.410 e. The summed E-state index contributed by atoms with van der Waals surface area (Å²) >= 11 is 0. The van der Waals surface area contributed by atoms with Crippen molar-refractivity contribution in [1.82, 2.24) is 9.88 Å². The molecule has 0 aliphatic carbocycles. The molecule has 1 amide bonds. The lowest BCUT2D eigenvalue weighted by Crippen LogP contribution is -2.44. The molecule has 2 rings (SSSR count). The summed E-state index contributed by atoms with van der Waals surface area (Å²) < 4.78 is 11.4. The highest BCUT2D eigenvalue weighted by Gasteiger charge is 2.39. The fourth-order valence-corrected chi connectivity index (χ4v) is 3.01. The predicted molar refractivity (Wildman–Crippen MR) is 89.5 cm³/mol. The number of rotatable bonds is 5. The number of hydrogen-bond acceptors (Lipinski definition) is 4. The normalized spacial score (nSPS) is 21.3. The van der Waals surface area contributed by atoms with Gasteiger partial charge in [0.1, 0.15) is 18.0 Å². The average molecular weight is 320 g/mol. The van der Waals surface area contributed by atoms with Crippen LogP contribution < -0.4 is 4.74 Å². The van der Waals surface area contributed by atoms with Crippen molar-refractivity contribution in [1.29, 1.82) is 0 Å². The van der Waals surface area contributed by atoms with Gasteiger partial charge in [-0.3, -0.25) is 4.98 Å². The van der Waals surface area contributed by atoms with Crippen molar-refractivity contribution in [2.24, 2.45) is 5.92 Å². The van der Waals surface area contributed by atoms with Gasteiger partial charge in [0.15, 0.2) is 0 Å². The zero-order chi connectivity index (χ0) is 16.9. The number of nitrogens with zero attached hydrogens (tertiary/aromatic N) is 2. The van der Waals surface area contributed by atoms with Gasteiger partial charge in [0.25, 0.3) is 0 Å². The van der Waals surface area contributed by atoms with Gasteiger partial charge < -0.3 is 14.4 Å². The SMILES string of the molecule is CCC[C@@H]1CCN(C(=O)OC(C)(C)C)[C@@H]1COc1cccnc1. The van der Waals surface area contributed by atoms with Crippen molar-refractivity contribution in [3.63, 3.8) is 0 Å². The van der Waals surface area contributed by atoms with Crippen molar-refractivity contribution in [3.05, 3.63) is 24.5 Å². The van der Waals surface area contributed by atoms with Crippen LogP contribution >= 0.6 is 0 Å². The second-order valence-electron chi connectivity index (χ2n) is 7.08. The Morgan fingerprint density at radius 1 is 1.43 bits per heavy atom. The Bertz CT molecular complexity index is 499. The Hall–Kier alpha value is -1.78. The molecule has 0 unspecified atom stereocenters. The van der Waals surface area contributed by atoms with Crippen molar-refractivity contribution in [3.8, 4) is 5.75 Å². The maximum atomic E-state index is 12.5. The standard InChI is InChI=1S/C18H28N2O3/c1-5-7-14-9-11-20(17(21)23-18(2,3)4)16(14)13-22-15-8-6-10-19-12-15/h6,8,10,12,14,16H,5,7,9,11,13H2,1-4H3/t14-,16-/m1/s1. The zero-order valence-corrected chi connectivity index (χ0v) is 14.6. The van der Waals surface area contributed by atoms with Gasteiger partial charge in [0, 0.05) is 12.7 Å². The summed E-state index contributed by atoms with van der Waals surface area (Å²) in [6, 6.07) is 3.79. The number of aromatic nitrogens is 1. The van der Waals surface area contributed by atoms with Gasteiger partial charge in [0.05, 0.1) is 12.2 Å². The van der Waals surface area contributed by atoms with E-state index in [1.807, 2.05) is 37.8 Å². The van der Waals surface area contributed by atoms with Crippen LogP contribution in [0.1, 0.15) is 47.0 Å². The molecule has 1 aliphatic rings. The highest BCUT2D eigenvalue weighted by atomic mass is 16.6. The maximum absolute atomic E-state index is 12.5. The van der Waals surface area contributed by atoms with E-state index >= 15 is 0 Å². The molecule has 1 saturated heterocycles. The fourth-order valence-electron chi connectivity index (χ4n) is 3.01. The van der Waals surface area contributed by atoms with Gasteiger partial charge in [-0.15, -0.1) is 0 Å². The van der Waals surface area contributed by atoms with Crippen LogP contribution in [0.4, 0.5) is 4.79 Å². The van der Waals surface area contributed by atoms with Crippen LogP contribution in [0, 0.1) is 5.92 Å². The van der Waals surface area contributed by atoms with E-state index < -0.39 is 5.60 Å². The van der Waals surface area contributed by atoms with E-state index in [2.05, 4.69) is 11.9 Å². The van der Waals surface area contributed by atoms with Gasteiger partial charge in [-0.2, -0.15) is 0 Å². The smallest absolute Gasteiger partial charge is 0.410 e. The van der Waals surface area contributed by atoms with E-state index in [9.17, 15) is 4.79 Å². The number of carbonyl (C=O) groups excluding carboxylic acids is 1. The quantitative estimate of drug-likeness (QED) is 0.826. The highest BCUT2D eigenvalue weighted by molar-refractivity contribution is 5.69. The molecule has 2 heterocycles. The third-order valence-electron chi connectivity index (χ3n) is 4.03. The molecule has 0 N–H and O–H groups in total. The molecular weight excluding hydrogens is 292 g/mol. The number of ether oxygens (including phenoxy) is 2. The number of hydrogen-bond donors (Lipinski definition) is 0. The number of pyridine rings is 1. The Morgan fingerprint density at radius 3 is 2.83 bits per heavy atom. The molecule has 0 saturated carbocycles. The van der Waals surface area contributed by atoms with Crippen molar-refractivity contribution in [2.75, 3.05) is 13.2 Å². The number of carbonyl (C=O) groups is 1. The lowest BCUT2D eigenvalue weighted by Gasteiger charge is -2.30. The first-order valence-corrected chi connectivity index (χ1v) is 8.43. The Morgan fingerprint density at radius 2 is 2.22 bits per heavy atom. The van der Waals surface area contributed by atoms with E-state index in [4.69, 9.17) is 9.47 Å². The Balaban J connectivity index is 2.03. The summed E-state index contributed by atoms with van der Waals surface area (Å²) in [6.07, 6.45) is 6.39. The van der Waals surface area contributed by atoms with Crippen LogP contribution in [-0.4, -0.2) is 40.8 Å². The summed E-state index contributed by atoms with van der Waals surface area (Å²) in [5, 5.41) is 0. The zero-order valence-electron chi connectivity index (χ0n) is 14.6. The molecule has 5 heteroatoms. The Kier molecular flexibility index (Phi) is 5.85. The molecule has 1 fully saturated rings. The molecule has 0 radical (unpaired) electrons. The number of amides is 1. The van der Waals surface area contributed by atoms with Gasteiger partial charge in [-0.05, 0) is 51.7 Å². The first-order valence-electron chi connectivity index (χ1n) is 8.43. The van der Waals surface area contributed by atoms with Crippen molar-refractivity contribution in [2.45, 2.75) is 58.6 Å². The van der Waals surface area contributed by atoms with Crippen LogP contribution in [0.5, 0.6) is 5.75 Å². The van der Waals surface area contributed by atoms with Gasteiger partial charge in [-0.1, -0.05) is 13.3 Å². The molecule has 5 nitrogen and oxygen atoms in total. The van der Waals surface area contributed by atoms with E-state index in [0.717, 1.165) is 31.6 Å².